The van der Waals surface area contributed by atoms with Gasteiger partial charge in [0.25, 0.3) is 0 Å². The number of carboxylic acids is 1. The summed E-state index contributed by atoms with van der Waals surface area (Å²) in [7, 11) is 0. The Morgan fingerprint density at radius 1 is 1.06 bits per heavy atom. The van der Waals surface area contributed by atoms with Crippen LogP contribution in [-0.2, 0) is 28.9 Å². The number of hydrogen-bond acceptors (Lipinski definition) is 4. The minimum Gasteiger partial charge on any atom is -0.493 e. The van der Waals surface area contributed by atoms with E-state index in [9.17, 15) is 14.0 Å². The van der Waals surface area contributed by atoms with Crippen LogP contribution in [-0.4, -0.2) is 35.2 Å². The standard InChI is InChI=1S/C28H28FNO5/c1-3-34-26-15-19(16-27(31)32)9-10-23(26)21-11-12-25(29)22-13-14-30(17-24(21)22)28(33)35-18(2)20-7-5-4-6-8-20/h4-12,15,18H,3,13-14,16-17H2,1-2H3,(H,31,32)/t18-/m0/s1. The Morgan fingerprint density at radius 3 is 2.51 bits per heavy atom. The number of aliphatic carboxylic acids is 1. The predicted octanol–water partition coefficient (Wildman–Crippen LogP) is 5.77. The summed E-state index contributed by atoms with van der Waals surface area (Å²) in [6, 6.07) is 17.8. The Balaban J connectivity index is 1.64. The van der Waals surface area contributed by atoms with Crippen molar-refractivity contribution in [1.29, 1.82) is 0 Å². The summed E-state index contributed by atoms with van der Waals surface area (Å²) in [6.45, 7) is 4.61. The van der Waals surface area contributed by atoms with Gasteiger partial charge in [-0.25, -0.2) is 9.18 Å². The van der Waals surface area contributed by atoms with E-state index in [1.165, 1.54) is 6.07 Å². The molecule has 1 N–H and O–H groups in total. The fraction of sp³-hybridized carbons (Fsp3) is 0.286. The second-order valence-corrected chi connectivity index (χ2v) is 8.49. The first-order valence-corrected chi connectivity index (χ1v) is 11.7. The van der Waals surface area contributed by atoms with Crippen molar-refractivity contribution in [3.8, 4) is 16.9 Å². The van der Waals surface area contributed by atoms with Gasteiger partial charge in [-0.1, -0.05) is 48.5 Å². The first kappa shape index (κ1) is 24.3. The van der Waals surface area contributed by atoms with Gasteiger partial charge in [0.1, 0.15) is 17.7 Å². The molecule has 0 aliphatic carbocycles. The number of halogens is 1. The number of benzene rings is 3. The van der Waals surface area contributed by atoms with Gasteiger partial charge in [0, 0.05) is 18.7 Å². The topological polar surface area (TPSA) is 76.1 Å². The molecule has 0 saturated carbocycles. The predicted molar refractivity (Wildman–Crippen MR) is 130 cm³/mol. The zero-order valence-corrected chi connectivity index (χ0v) is 19.8. The van der Waals surface area contributed by atoms with Crippen molar-refractivity contribution in [3.05, 3.63) is 88.7 Å². The molecule has 0 fully saturated rings. The van der Waals surface area contributed by atoms with E-state index in [0.29, 0.717) is 42.0 Å². The van der Waals surface area contributed by atoms with Gasteiger partial charge in [-0.2, -0.15) is 0 Å². The molecule has 4 rings (SSSR count). The largest absolute Gasteiger partial charge is 0.493 e. The number of carboxylic acid groups (broad SMARTS) is 1. The Labute approximate surface area is 203 Å². The molecule has 0 bridgehead atoms. The minimum absolute atomic E-state index is 0.124. The number of nitrogens with zero attached hydrogens (tertiary/aromatic N) is 1. The van der Waals surface area contributed by atoms with Crippen molar-refractivity contribution in [2.75, 3.05) is 13.2 Å². The molecule has 0 radical (unpaired) electrons. The molecule has 182 valence electrons. The Hall–Kier alpha value is -3.87. The fourth-order valence-electron chi connectivity index (χ4n) is 4.41. The molecule has 3 aromatic carbocycles. The van der Waals surface area contributed by atoms with Crippen molar-refractivity contribution in [1.82, 2.24) is 4.90 Å². The number of amides is 1. The highest BCUT2D eigenvalue weighted by Gasteiger charge is 2.28. The molecule has 1 aliphatic heterocycles. The lowest BCUT2D eigenvalue weighted by atomic mass is 9.90. The first-order chi connectivity index (χ1) is 16.9. The van der Waals surface area contributed by atoms with E-state index in [4.69, 9.17) is 14.6 Å². The van der Waals surface area contributed by atoms with E-state index in [-0.39, 0.29) is 18.8 Å². The molecular formula is C28H28FNO5. The maximum Gasteiger partial charge on any atom is 0.410 e. The van der Waals surface area contributed by atoms with Crippen molar-refractivity contribution >= 4 is 12.1 Å². The van der Waals surface area contributed by atoms with Crippen molar-refractivity contribution in [3.63, 3.8) is 0 Å². The summed E-state index contributed by atoms with van der Waals surface area (Å²) in [5.41, 5.74) is 4.26. The van der Waals surface area contributed by atoms with Crippen LogP contribution < -0.4 is 4.74 Å². The maximum atomic E-state index is 14.8. The SMILES string of the molecule is CCOc1cc(CC(=O)O)ccc1-c1ccc(F)c2c1CN(C(=O)O[C@@H](C)c1ccccc1)CC2. The van der Waals surface area contributed by atoms with Gasteiger partial charge in [0.2, 0.25) is 0 Å². The molecule has 0 spiro atoms. The van der Waals surface area contributed by atoms with Crippen LogP contribution in [0.1, 0.15) is 42.2 Å². The maximum absolute atomic E-state index is 14.8. The van der Waals surface area contributed by atoms with E-state index in [1.807, 2.05) is 44.2 Å². The molecule has 1 atom stereocenters. The molecule has 0 aromatic heterocycles. The lowest BCUT2D eigenvalue weighted by Crippen LogP contribution is -2.37. The molecule has 0 saturated heterocycles. The highest BCUT2D eigenvalue weighted by Crippen LogP contribution is 2.38. The molecule has 7 heteroatoms. The van der Waals surface area contributed by atoms with Crippen LogP contribution in [0.3, 0.4) is 0 Å². The number of carbonyl (C=O) groups excluding carboxylic acids is 1. The average molecular weight is 478 g/mol. The molecule has 6 nitrogen and oxygen atoms in total. The minimum atomic E-state index is -0.932. The number of rotatable bonds is 7. The summed E-state index contributed by atoms with van der Waals surface area (Å²) in [4.78, 5) is 25.7. The summed E-state index contributed by atoms with van der Waals surface area (Å²) < 4.78 is 26.3. The third-order valence-corrected chi connectivity index (χ3v) is 6.15. The van der Waals surface area contributed by atoms with E-state index < -0.39 is 18.2 Å². The number of fused-ring (bicyclic) bond motifs is 1. The third-order valence-electron chi connectivity index (χ3n) is 6.15. The van der Waals surface area contributed by atoms with Gasteiger partial charge >= 0.3 is 12.1 Å². The highest BCUT2D eigenvalue weighted by atomic mass is 19.1. The number of ether oxygens (including phenoxy) is 2. The quantitative estimate of drug-likeness (QED) is 0.467. The van der Waals surface area contributed by atoms with Gasteiger partial charge in [-0.05, 0) is 60.2 Å². The summed E-state index contributed by atoms with van der Waals surface area (Å²) in [5.74, 6) is -0.717. The van der Waals surface area contributed by atoms with Gasteiger partial charge < -0.3 is 19.5 Å². The lowest BCUT2D eigenvalue weighted by Gasteiger charge is -2.31. The normalized spacial score (nSPS) is 13.6. The van der Waals surface area contributed by atoms with Gasteiger partial charge in [0.05, 0.1) is 13.0 Å². The first-order valence-electron chi connectivity index (χ1n) is 11.7. The van der Waals surface area contributed by atoms with Crippen LogP contribution in [0.25, 0.3) is 11.1 Å². The molecule has 1 amide bonds. The van der Waals surface area contributed by atoms with Crippen LogP contribution in [0.2, 0.25) is 0 Å². The van der Waals surface area contributed by atoms with Crippen LogP contribution in [0, 0.1) is 5.82 Å². The third kappa shape index (κ3) is 5.45. The van der Waals surface area contributed by atoms with Crippen LogP contribution in [0.5, 0.6) is 5.75 Å². The zero-order valence-electron chi connectivity index (χ0n) is 19.8. The van der Waals surface area contributed by atoms with Crippen LogP contribution >= 0.6 is 0 Å². The number of carbonyl (C=O) groups is 2. The molecule has 3 aromatic rings. The van der Waals surface area contributed by atoms with Crippen molar-refractivity contribution in [2.45, 2.75) is 39.3 Å². The molecule has 1 aliphatic rings. The Kier molecular flexibility index (Phi) is 7.34. The fourth-order valence-corrected chi connectivity index (χ4v) is 4.41. The van der Waals surface area contributed by atoms with E-state index in [1.54, 1.807) is 29.2 Å². The summed E-state index contributed by atoms with van der Waals surface area (Å²) in [6.07, 6.45) is -0.626. The molecular weight excluding hydrogens is 449 g/mol. The lowest BCUT2D eigenvalue weighted by molar-refractivity contribution is -0.136. The van der Waals surface area contributed by atoms with Crippen molar-refractivity contribution in [2.24, 2.45) is 0 Å². The van der Waals surface area contributed by atoms with Gasteiger partial charge in [-0.3, -0.25) is 4.79 Å². The Bertz CT molecular complexity index is 1230. The Morgan fingerprint density at radius 2 is 1.80 bits per heavy atom. The van der Waals surface area contributed by atoms with Gasteiger partial charge in [0.15, 0.2) is 0 Å². The molecule has 0 unspecified atom stereocenters. The average Bonchev–Trinajstić information content (AvgIpc) is 2.85. The number of hydrogen-bond donors (Lipinski definition) is 1. The summed E-state index contributed by atoms with van der Waals surface area (Å²) >= 11 is 0. The monoisotopic (exact) mass is 477 g/mol. The zero-order chi connectivity index (χ0) is 24.9. The highest BCUT2D eigenvalue weighted by molar-refractivity contribution is 5.78. The van der Waals surface area contributed by atoms with Gasteiger partial charge in [-0.15, -0.1) is 0 Å². The smallest absolute Gasteiger partial charge is 0.410 e. The second kappa shape index (κ2) is 10.6. The molecule has 35 heavy (non-hydrogen) atoms. The molecule has 1 heterocycles. The van der Waals surface area contributed by atoms with E-state index in [2.05, 4.69) is 0 Å². The second-order valence-electron chi connectivity index (χ2n) is 8.49. The van der Waals surface area contributed by atoms with Crippen LogP contribution in [0.4, 0.5) is 9.18 Å². The summed E-state index contributed by atoms with van der Waals surface area (Å²) in [5, 5.41) is 9.15. The van der Waals surface area contributed by atoms with E-state index in [0.717, 1.165) is 16.7 Å². The van der Waals surface area contributed by atoms with Crippen LogP contribution in [0.15, 0.2) is 60.7 Å². The van der Waals surface area contributed by atoms with Crippen molar-refractivity contribution < 1.29 is 28.6 Å². The van der Waals surface area contributed by atoms with E-state index >= 15 is 0 Å².